The molecule has 18 heavy (non-hydrogen) atoms. The van der Waals surface area contributed by atoms with E-state index in [2.05, 4.69) is 37.1 Å². The predicted molar refractivity (Wildman–Crippen MR) is 74.6 cm³/mol. The molecule has 1 fully saturated rings. The van der Waals surface area contributed by atoms with E-state index in [1.807, 2.05) is 12.1 Å². The monoisotopic (exact) mass is 248 g/mol. The number of likely N-dealkylation sites (N-methyl/N-ethyl adjacent to an activating group) is 1. The lowest BCUT2D eigenvalue weighted by molar-refractivity contribution is -0.0405. The molecule has 3 heteroatoms. The van der Waals surface area contributed by atoms with Crippen molar-refractivity contribution in [1.29, 1.82) is 0 Å². The van der Waals surface area contributed by atoms with Crippen molar-refractivity contribution < 1.29 is 5.11 Å². The van der Waals surface area contributed by atoms with Crippen LogP contribution in [0.3, 0.4) is 0 Å². The highest BCUT2D eigenvalue weighted by Crippen LogP contribution is 2.38. The van der Waals surface area contributed by atoms with Crippen molar-refractivity contribution in [2.24, 2.45) is 0 Å². The van der Waals surface area contributed by atoms with E-state index >= 15 is 0 Å². The molecular weight excluding hydrogens is 224 g/mol. The summed E-state index contributed by atoms with van der Waals surface area (Å²) in [4.78, 5) is 0. The van der Waals surface area contributed by atoms with Crippen LogP contribution in [-0.4, -0.2) is 42.3 Å². The lowest BCUT2D eigenvalue weighted by Crippen LogP contribution is -2.53. The van der Waals surface area contributed by atoms with Crippen LogP contribution in [0.15, 0.2) is 24.3 Å². The first-order chi connectivity index (χ1) is 8.57. The first-order valence-corrected chi connectivity index (χ1v) is 6.79. The van der Waals surface area contributed by atoms with Crippen LogP contribution in [0.2, 0.25) is 0 Å². The second-order valence-corrected chi connectivity index (χ2v) is 5.53. The van der Waals surface area contributed by atoms with Crippen LogP contribution >= 0.6 is 0 Å². The van der Waals surface area contributed by atoms with Crippen molar-refractivity contribution in [2.75, 3.05) is 27.2 Å². The summed E-state index contributed by atoms with van der Waals surface area (Å²) in [5, 5.41) is 14.3. The van der Waals surface area contributed by atoms with E-state index in [1.54, 1.807) is 6.07 Å². The number of phenolic OH excluding ortho intramolecular Hbond substituents is 1. The standard InChI is InChI=1S/C15H24N2O/c1-4-8-15(9-10-16(2)17(3)12-15)13-6-5-7-14(18)11-13/h5-7,11,18H,4,8-10,12H2,1-3H3. The molecule has 0 bridgehead atoms. The zero-order chi connectivity index (χ0) is 13.2. The fourth-order valence-electron chi connectivity index (χ4n) is 3.08. The fourth-order valence-corrected chi connectivity index (χ4v) is 3.08. The van der Waals surface area contributed by atoms with E-state index in [9.17, 15) is 5.11 Å². The second kappa shape index (κ2) is 5.29. The smallest absolute Gasteiger partial charge is 0.115 e. The first kappa shape index (κ1) is 13.4. The van der Waals surface area contributed by atoms with E-state index < -0.39 is 0 Å². The summed E-state index contributed by atoms with van der Waals surface area (Å²) in [7, 11) is 4.28. The number of hydrogen-bond donors (Lipinski definition) is 1. The normalized spacial score (nSPS) is 26.4. The summed E-state index contributed by atoms with van der Waals surface area (Å²) in [5.74, 6) is 0.379. The Morgan fingerprint density at radius 3 is 2.67 bits per heavy atom. The summed E-state index contributed by atoms with van der Waals surface area (Å²) in [5.41, 5.74) is 1.47. The van der Waals surface area contributed by atoms with Crippen molar-refractivity contribution in [1.82, 2.24) is 10.0 Å². The van der Waals surface area contributed by atoms with E-state index in [0.717, 1.165) is 19.5 Å². The highest BCUT2D eigenvalue weighted by Gasteiger charge is 2.37. The highest BCUT2D eigenvalue weighted by molar-refractivity contribution is 5.34. The van der Waals surface area contributed by atoms with E-state index in [1.165, 1.54) is 18.4 Å². The molecular formula is C15H24N2O. The number of phenols is 1. The highest BCUT2D eigenvalue weighted by atomic mass is 16.3. The van der Waals surface area contributed by atoms with Gasteiger partial charge in [0.05, 0.1) is 0 Å². The lowest BCUT2D eigenvalue weighted by Gasteiger charge is -2.46. The molecule has 1 saturated heterocycles. The molecule has 1 aromatic carbocycles. The zero-order valence-corrected chi connectivity index (χ0v) is 11.7. The Labute approximate surface area is 110 Å². The van der Waals surface area contributed by atoms with Crippen molar-refractivity contribution in [3.63, 3.8) is 0 Å². The molecule has 1 atom stereocenters. The summed E-state index contributed by atoms with van der Waals surface area (Å²) in [6.45, 7) is 4.34. The Hall–Kier alpha value is -1.06. The van der Waals surface area contributed by atoms with E-state index in [0.29, 0.717) is 5.75 Å². The van der Waals surface area contributed by atoms with Crippen LogP contribution in [-0.2, 0) is 5.41 Å². The molecule has 2 rings (SSSR count). The third-order valence-corrected chi connectivity index (χ3v) is 4.22. The Kier molecular flexibility index (Phi) is 3.93. The molecule has 1 unspecified atom stereocenters. The Balaban J connectivity index is 2.32. The number of aromatic hydroxyl groups is 1. The SMILES string of the molecule is CCCC1(c2cccc(O)c2)CCN(C)N(C)C1. The average molecular weight is 248 g/mol. The summed E-state index contributed by atoms with van der Waals surface area (Å²) in [6.07, 6.45) is 3.51. The van der Waals surface area contributed by atoms with Crippen molar-refractivity contribution >= 4 is 0 Å². The van der Waals surface area contributed by atoms with Gasteiger partial charge in [-0.2, -0.15) is 0 Å². The van der Waals surface area contributed by atoms with Gasteiger partial charge in [-0.3, -0.25) is 0 Å². The van der Waals surface area contributed by atoms with Gasteiger partial charge in [-0.1, -0.05) is 25.5 Å². The van der Waals surface area contributed by atoms with Gasteiger partial charge in [0.1, 0.15) is 5.75 Å². The van der Waals surface area contributed by atoms with Crippen LogP contribution in [0.25, 0.3) is 0 Å². The molecule has 3 nitrogen and oxygen atoms in total. The van der Waals surface area contributed by atoms with Gasteiger partial charge in [-0.15, -0.1) is 0 Å². The molecule has 0 aliphatic carbocycles. The topological polar surface area (TPSA) is 26.7 Å². The van der Waals surface area contributed by atoms with Crippen LogP contribution in [0.5, 0.6) is 5.75 Å². The number of rotatable bonds is 3. The first-order valence-electron chi connectivity index (χ1n) is 6.79. The molecule has 1 N–H and O–H groups in total. The van der Waals surface area contributed by atoms with Gasteiger partial charge in [0.15, 0.2) is 0 Å². The minimum absolute atomic E-state index is 0.189. The Morgan fingerprint density at radius 2 is 2.06 bits per heavy atom. The van der Waals surface area contributed by atoms with E-state index in [4.69, 9.17) is 0 Å². The number of hydrazine groups is 1. The van der Waals surface area contributed by atoms with Crippen molar-refractivity contribution in [2.45, 2.75) is 31.6 Å². The van der Waals surface area contributed by atoms with E-state index in [-0.39, 0.29) is 5.41 Å². The molecule has 1 aromatic rings. The van der Waals surface area contributed by atoms with Gasteiger partial charge in [0.25, 0.3) is 0 Å². The van der Waals surface area contributed by atoms with Crippen LogP contribution < -0.4 is 0 Å². The molecule has 1 heterocycles. The molecule has 1 aliphatic heterocycles. The average Bonchev–Trinajstić information content (AvgIpc) is 2.34. The maximum absolute atomic E-state index is 9.72. The van der Waals surface area contributed by atoms with Gasteiger partial charge in [-0.05, 0) is 30.5 Å². The van der Waals surface area contributed by atoms with Gasteiger partial charge in [0.2, 0.25) is 0 Å². The predicted octanol–water partition coefficient (Wildman–Crippen LogP) is 2.61. The van der Waals surface area contributed by atoms with Gasteiger partial charge in [-0.25, -0.2) is 10.0 Å². The zero-order valence-electron chi connectivity index (χ0n) is 11.7. The molecule has 0 aromatic heterocycles. The Bertz CT molecular complexity index is 407. The largest absolute Gasteiger partial charge is 0.508 e. The van der Waals surface area contributed by atoms with Gasteiger partial charge >= 0.3 is 0 Å². The lowest BCUT2D eigenvalue weighted by atomic mass is 9.73. The summed E-state index contributed by atoms with van der Waals surface area (Å²) >= 11 is 0. The minimum Gasteiger partial charge on any atom is -0.508 e. The third-order valence-electron chi connectivity index (χ3n) is 4.22. The Morgan fingerprint density at radius 1 is 1.28 bits per heavy atom. The van der Waals surface area contributed by atoms with Crippen LogP contribution in [0, 0.1) is 0 Å². The molecule has 100 valence electrons. The quantitative estimate of drug-likeness (QED) is 0.890. The molecule has 1 aliphatic rings. The summed E-state index contributed by atoms with van der Waals surface area (Å²) in [6, 6.07) is 7.81. The van der Waals surface area contributed by atoms with Crippen molar-refractivity contribution in [3.05, 3.63) is 29.8 Å². The molecule has 0 spiro atoms. The number of hydrogen-bond acceptors (Lipinski definition) is 3. The fraction of sp³-hybridized carbons (Fsp3) is 0.600. The molecule has 0 radical (unpaired) electrons. The number of benzene rings is 1. The second-order valence-electron chi connectivity index (χ2n) is 5.53. The molecule has 0 amide bonds. The third kappa shape index (κ3) is 2.52. The maximum atomic E-state index is 9.72. The maximum Gasteiger partial charge on any atom is 0.115 e. The minimum atomic E-state index is 0.189. The van der Waals surface area contributed by atoms with Crippen LogP contribution in [0.4, 0.5) is 0 Å². The summed E-state index contributed by atoms with van der Waals surface area (Å²) < 4.78 is 0. The number of nitrogens with zero attached hydrogens (tertiary/aromatic N) is 2. The molecule has 0 saturated carbocycles. The van der Waals surface area contributed by atoms with Gasteiger partial charge < -0.3 is 5.11 Å². The van der Waals surface area contributed by atoms with Gasteiger partial charge in [0, 0.05) is 32.6 Å². The van der Waals surface area contributed by atoms with Crippen LogP contribution in [0.1, 0.15) is 31.7 Å². The van der Waals surface area contributed by atoms with Crippen molar-refractivity contribution in [3.8, 4) is 5.75 Å².